The highest BCUT2D eigenvalue weighted by Gasteiger charge is 2.47. The summed E-state index contributed by atoms with van der Waals surface area (Å²) in [6, 6.07) is 10.4. The van der Waals surface area contributed by atoms with Crippen molar-refractivity contribution in [3.63, 3.8) is 0 Å². The van der Waals surface area contributed by atoms with Crippen molar-refractivity contribution in [2.45, 2.75) is 25.0 Å². The van der Waals surface area contributed by atoms with Crippen LogP contribution in [0.2, 0.25) is 0 Å². The second-order valence-corrected chi connectivity index (χ2v) is 6.55. The van der Waals surface area contributed by atoms with Gasteiger partial charge in [0.25, 0.3) is 0 Å². The third-order valence-electron chi connectivity index (χ3n) is 4.56. The number of para-hydroxylation sites is 2. The lowest BCUT2D eigenvalue weighted by Gasteiger charge is -2.25. The molecule has 1 N–H and O–H groups in total. The molecule has 0 unspecified atom stereocenters. The fourth-order valence-electron chi connectivity index (χ4n) is 3.22. The Morgan fingerprint density at radius 3 is 2.10 bits per heavy atom. The second-order valence-electron chi connectivity index (χ2n) is 6.55. The van der Waals surface area contributed by atoms with Gasteiger partial charge in [-0.25, -0.2) is 0 Å². The van der Waals surface area contributed by atoms with Gasteiger partial charge in [0.2, 0.25) is 0 Å². The van der Waals surface area contributed by atoms with Gasteiger partial charge < -0.3 is 19.5 Å². The summed E-state index contributed by atoms with van der Waals surface area (Å²) >= 11 is 0. The van der Waals surface area contributed by atoms with Crippen molar-refractivity contribution in [1.82, 2.24) is 0 Å². The predicted octanol–water partition coefficient (Wildman–Crippen LogP) is 5.13. The molecule has 29 heavy (non-hydrogen) atoms. The maximum atomic E-state index is 13.0. The van der Waals surface area contributed by atoms with E-state index in [2.05, 4.69) is 4.74 Å². The van der Waals surface area contributed by atoms with Gasteiger partial charge in [0.15, 0.2) is 11.5 Å². The van der Waals surface area contributed by atoms with E-state index in [-0.39, 0.29) is 24.5 Å². The van der Waals surface area contributed by atoms with Crippen LogP contribution in [0.1, 0.15) is 6.42 Å². The molecule has 4 nitrogen and oxygen atoms in total. The van der Waals surface area contributed by atoms with Gasteiger partial charge in [-0.3, -0.25) is 0 Å². The highest BCUT2D eigenvalue weighted by atomic mass is 19.4. The molecule has 2 aromatic carbocycles. The third kappa shape index (κ3) is 5.26. The minimum Gasteiger partial charge on any atom is -0.453 e. The average molecular weight is 421 g/mol. The highest BCUT2D eigenvalue weighted by Crippen LogP contribution is 2.40. The van der Waals surface area contributed by atoms with Crippen LogP contribution in [0, 0.1) is 5.92 Å². The summed E-state index contributed by atoms with van der Waals surface area (Å²) in [5, 5.41) is 9.41. The molecule has 1 heterocycles. The molecule has 0 radical (unpaired) electrons. The number of nitrogens with zero attached hydrogens (tertiary/aromatic N) is 1. The zero-order chi connectivity index (χ0) is 21.2. The van der Waals surface area contributed by atoms with Crippen LogP contribution in [0.5, 0.6) is 17.2 Å². The minimum atomic E-state index is -4.88. The number of alkyl halides is 6. The number of hydrogen-bond acceptors (Lipinski definition) is 4. The monoisotopic (exact) mass is 421 g/mol. The summed E-state index contributed by atoms with van der Waals surface area (Å²) < 4.78 is 85.8. The molecule has 0 saturated carbocycles. The molecule has 1 aliphatic rings. The molecule has 0 amide bonds. The Hall–Kier alpha value is -2.62. The summed E-state index contributed by atoms with van der Waals surface area (Å²) in [6.07, 6.45) is -9.44. The summed E-state index contributed by atoms with van der Waals surface area (Å²) in [4.78, 5) is 1.46. The Bertz CT molecular complexity index is 822. The largest absolute Gasteiger partial charge is 0.573 e. The number of anilines is 1. The number of aliphatic hydroxyl groups excluding tert-OH is 1. The van der Waals surface area contributed by atoms with Gasteiger partial charge >= 0.3 is 12.5 Å². The van der Waals surface area contributed by atoms with Crippen molar-refractivity contribution in [3.05, 3.63) is 48.5 Å². The van der Waals surface area contributed by atoms with Crippen molar-refractivity contribution >= 4 is 5.69 Å². The first-order valence-corrected chi connectivity index (χ1v) is 8.64. The third-order valence-corrected chi connectivity index (χ3v) is 4.56. The minimum absolute atomic E-state index is 0.163. The van der Waals surface area contributed by atoms with Crippen LogP contribution in [-0.4, -0.2) is 36.8 Å². The van der Waals surface area contributed by atoms with Gasteiger partial charge in [-0.15, -0.1) is 13.2 Å². The van der Waals surface area contributed by atoms with Crippen molar-refractivity contribution in [1.29, 1.82) is 0 Å². The molecule has 0 spiro atoms. The molecular weight excluding hydrogens is 404 g/mol. The molecule has 0 aromatic heterocycles. The molecular formula is C19H17F6NO3. The van der Waals surface area contributed by atoms with Crippen molar-refractivity contribution in [2.24, 2.45) is 5.92 Å². The van der Waals surface area contributed by atoms with E-state index in [0.717, 1.165) is 6.07 Å². The topological polar surface area (TPSA) is 41.9 Å². The molecule has 158 valence electrons. The first-order valence-electron chi connectivity index (χ1n) is 8.64. The molecule has 3 rings (SSSR count). The molecule has 1 saturated heterocycles. The molecule has 0 aliphatic carbocycles. The molecule has 1 fully saturated rings. The van der Waals surface area contributed by atoms with Gasteiger partial charge in [-0.2, -0.15) is 13.2 Å². The lowest BCUT2D eigenvalue weighted by atomic mass is 10.1. The summed E-state index contributed by atoms with van der Waals surface area (Å²) in [7, 11) is 0. The first kappa shape index (κ1) is 21.1. The lowest BCUT2D eigenvalue weighted by molar-refractivity contribution is -0.275. The van der Waals surface area contributed by atoms with Gasteiger partial charge in [0, 0.05) is 12.2 Å². The molecule has 2 atom stereocenters. The van der Waals surface area contributed by atoms with Crippen LogP contribution in [0.25, 0.3) is 0 Å². The van der Waals surface area contributed by atoms with E-state index in [1.54, 1.807) is 0 Å². The Labute approximate surface area is 162 Å². The van der Waals surface area contributed by atoms with Gasteiger partial charge in [-0.1, -0.05) is 12.1 Å². The summed E-state index contributed by atoms with van der Waals surface area (Å²) in [5.74, 6) is -2.04. The van der Waals surface area contributed by atoms with E-state index >= 15 is 0 Å². The molecule has 2 aromatic rings. The number of aliphatic hydroxyl groups is 1. The molecule has 1 aliphatic heterocycles. The predicted molar refractivity (Wildman–Crippen MR) is 92.0 cm³/mol. The number of hydrogen-bond donors (Lipinski definition) is 1. The lowest BCUT2D eigenvalue weighted by Crippen LogP contribution is -2.32. The van der Waals surface area contributed by atoms with Gasteiger partial charge in [0.1, 0.15) is 5.75 Å². The fraction of sp³-hybridized carbons (Fsp3) is 0.368. The number of rotatable bonds is 5. The fourth-order valence-corrected chi connectivity index (χ4v) is 3.22. The van der Waals surface area contributed by atoms with Crippen LogP contribution < -0.4 is 14.4 Å². The van der Waals surface area contributed by atoms with Crippen LogP contribution in [0.3, 0.4) is 0 Å². The van der Waals surface area contributed by atoms with Crippen LogP contribution in [0.15, 0.2) is 48.5 Å². The quantitative estimate of drug-likeness (QED) is 0.680. The zero-order valence-corrected chi connectivity index (χ0v) is 14.9. The van der Waals surface area contributed by atoms with Crippen molar-refractivity contribution < 1.29 is 40.9 Å². The average Bonchev–Trinajstić information content (AvgIpc) is 3.08. The highest BCUT2D eigenvalue weighted by molar-refractivity contribution is 5.52. The summed E-state index contributed by atoms with van der Waals surface area (Å²) in [5.41, 5.74) is 0.447. The van der Waals surface area contributed by atoms with Gasteiger partial charge in [-0.05, 0) is 42.8 Å². The van der Waals surface area contributed by atoms with E-state index in [4.69, 9.17) is 4.74 Å². The Kier molecular flexibility index (Phi) is 5.83. The number of ether oxygens (including phenoxy) is 2. The van der Waals surface area contributed by atoms with Crippen molar-refractivity contribution in [3.8, 4) is 17.2 Å². The van der Waals surface area contributed by atoms with E-state index in [0.29, 0.717) is 5.69 Å². The number of benzene rings is 2. The van der Waals surface area contributed by atoms with E-state index in [1.165, 1.54) is 47.4 Å². The maximum absolute atomic E-state index is 13.0. The van der Waals surface area contributed by atoms with E-state index in [9.17, 15) is 31.4 Å². The summed E-state index contributed by atoms with van der Waals surface area (Å²) in [6.45, 7) is -0.704. The molecule has 0 bridgehead atoms. The normalized spacial score (nSPS) is 20.0. The standard InChI is InChI=1S/C19H17F6NO3/c20-18(21,22)12-9-14(11-27)26(10-12)13-5-7-15(8-6-13)28-16-3-1-2-4-17(16)29-19(23,24)25/h1-8,12,14,27H,9-11H2/t12-,14-/m0/s1. The van der Waals surface area contributed by atoms with E-state index < -0.39 is 36.9 Å². The van der Waals surface area contributed by atoms with Gasteiger partial charge in [0.05, 0.1) is 18.6 Å². The Morgan fingerprint density at radius 2 is 1.55 bits per heavy atom. The zero-order valence-electron chi connectivity index (χ0n) is 14.9. The smallest absolute Gasteiger partial charge is 0.453 e. The second kappa shape index (κ2) is 8.02. The van der Waals surface area contributed by atoms with Crippen LogP contribution in [-0.2, 0) is 0 Å². The van der Waals surface area contributed by atoms with E-state index in [1.807, 2.05) is 0 Å². The Morgan fingerprint density at radius 1 is 0.931 bits per heavy atom. The van der Waals surface area contributed by atoms with Crippen LogP contribution >= 0.6 is 0 Å². The van der Waals surface area contributed by atoms with Crippen molar-refractivity contribution in [2.75, 3.05) is 18.1 Å². The SMILES string of the molecule is OC[C@@H]1C[C@H](C(F)(F)F)CN1c1ccc(Oc2ccccc2OC(F)(F)F)cc1. The number of halogens is 6. The Balaban J connectivity index is 1.75. The molecule has 10 heteroatoms. The van der Waals surface area contributed by atoms with Crippen LogP contribution in [0.4, 0.5) is 32.0 Å². The first-order chi connectivity index (χ1) is 13.6. The maximum Gasteiger partial charge on any atom is 0.573 e.